The van der Waals surface area contributed by atoms with Crippen LogP contribution < -0.4 is 10.5 Å². The van der Waals surface area contributed by atoms with E-state index in [0.29, 0.717) is 37.1 Å². The third-order valence-electron chi connectivity index (χ3n) is 3.53. The second-order valence-electron chi connectivity index (χ2n) is 5.20. The Balaban J connectivity index is 1.80. The molecule has 0 aliphatic carbocycles. The summed E-state index contributed by atoms with van der Waals surface area (Å²) < 4.78 is 36.5. The number of methoxy groups -OCH3 is 1. The lowest BCUT2D eigenvalue weighted by Gasteiger charge is -2.16. The lowest BCUT2D eigenvalue weighted by molar-refractivity contribution is 0.157. The molecule has 1 aromatic carbocycles. The molecule has 1 saturated heterocycles. The molecule has 0 saturated carbocycles. The predicted molar refractivity (Wildman–Crippen MR) is 81.7 cm³/mol. The van der Waals surface area contributed by atoms with Crippen LogP contribution in [0, 0.1) is 5.92 Å². The minimum absolute atomic E-state index is 0.0168. The summed E-state index contributed by atoms with van der Waals surface area (Å²) in [6.45, 7) is 1.85. The SMILES string of the molecule is COCC1CCN(S(=O)(=O)CCOc2ccc(N)cc2)C1. The average Bonchev–Trinajstić information content (AvgIpc) is 2.91. The van der Waals surface area contributed by atoms with Crippen LogP contribution in [0.2, 0.25) is 0 Å². The Morgan fingerprint density at radius 1 is 1.33 bits per heavy atom. The van der Waals surface area contributed by atoms with Gasteiger partial charge in [0.1, 0.15) is 12.4 Å². The van der Waals surface area contributed by atoms with Gasteiger partial charge in [-0.15, -0.1) is 0 Å². The number of hydrogen-bond acceptors (Lipinski definition) is 5. The van der Waals surface area contributed by atoms with Gasteiger partial charge in [-0.3, -0.25) is 0 Å². The number of anilines is 1. The Morgan fingerprint density at radius 3 is 2.71 bits per heavy atom. The fourth-order valence-corrected chi connectivity index (χ4v) is 3.75. The molecule has 7 heteroatoms. The molecule has 1 atom stereocenters. The summed E-state index contributed by atoms with van der Waals surface area (Å²) in [5, 5.41) is 0. The number of nitrogens with zero attached hydrogens (tertiary/aromatic N) is 1. The van der Waals surface area contributed by atoms with Gasteiger partial charge in [0.15, 0.2) is 0 Å². The summed E-state index contributed by atoms with van der Waals surface area (Å²) in [6, 6.07) is 6.90. The fraction of sp³-hybridized carbons (Fsp3) is 0.571. The van der Waals surface area contributed by atoms with Gasteiger partial charge in [-0.05, 0) is 36.6 Å². The molecule has 21 heavy (non-hydrogen) atoms. The molecule has 6 nitrogen and oxygen atoms in total. The van der Waals surface area contributed by atoms with Crippen LogP contribution >= 0.6 is 0 Å². The highest BCUT2D eigenvalue weighted by molar-refractivity contribution is 7.89. The van der Waals surface area contributed by atoms with Crippen LogP contribution in [-0.2, 0) is 14.8 Å². The van der Waals surface area contributed by atoms with E-state index < -0.39 is 10.0 Å². The van der Waals surface area contributed by atoms with Crippen molar-refractivity contribution in [1.82, 2.24) is 4.31 Å². The maximum absolute atomic E-state index is 12.2. The Hall–Kier alpha value is -1.31. The Morgan fingerprint density at radius 2 is 2.05 bits per heavy atom. The summed E-state index contributed by atoms with van der Waals surface area (Å²) >= 11 is 0. The van der Waals surface area contributed by atoms with Crippen LogP contribution in [-0.4, -0.2) is 51.9 Å². The lowest BCUT2D eigenvalue weighted by Crippen LogP contribution is -2.33. The molecule has 0 amide bonds. The second kappa shape index (κ2) is 7.11. The van der Waals surface area contributed by atoms with Crippen LogP contribution in [0.1, 0.15) is 6.42 Å². The zero-order chi connectivity index (χ0) is 15.3. The van der Waals surface area contributed by atoms with Crippen LogP contribution in [0.15, 0.2) is 24.3 Å². The highest BCUT2D eigenvalue weighted by Crippen LogP contribution is 2.20. The van der Waals surface area contributed by atoms with Crippen molar-refractivity contribution < 1.29 is 17.9 Å². The van der Waals surface area contributed by atoms with Gasteiger partial charge < -0.3 is 15.2 Å². The number of ether oxygens (including phenoxy) is 2. The van der Waals surface area contributed by atoms with Gasteiger partial charge in [0.05, 0.1) is 12.4 Å². The van der Waals surface area contributed by atoms with Crippen molar-refractivity contribution >= 4 is 15.7 Å². The highest BCUT2D eigenvalue weighted by Gasteiger charge is 2.31. The summed E-state index contributed by atoms with van der Waals surface area (Å²) in [5.41, 5.74) is 6.23. The van der Waals surface area contributed by atoms with Crippen molar-refractivity contribution in [3.8, 4) is 5.75 Å². The first kappa shape index (κ1) is 16.1. The van der Waals surface area contributed by atoms with Gasteiger partial charge in [-0.2, -0.15) is 0 Å². The number of rotatable bonds is 7. The molecule has 0 spiro atoms. The molecule has 1 aromatic rings. The number of hydrogen-bond donors (Lipinski definition) is 1. The fourth-order valence-electron chi connectivity index (χ4n) is 2.38. The summed E-state index contributed by atoms with van der Waals surface area (Å²) in [7, 11) is -1.62. The van der Waals surface area contributed by atoms with Crippen LogP contribution in [0.3, 0.4) is 0 Å². The summed E-state index contributed by atoms with van der Waals surface area (Å²) in [5.74, 6) is 0.901. The van der Waals surface area contributed by atoms with Gasteiger partial charge in [-0.1, -0.05) is 0 Å². The number of sulfonamides is 1. The van der Waals surface area contributed by atoms with Gasteiger partial charge in [0.25, 0.3) is 0 Å². The molecule has 0 aromatic heterocycles. The second-order valence-corrected chi connectivity index (χ2v) is 7.29. The third-order valence-corrected chi connectivity index (χ3v) is 5.34. The van der Waals surface area contributed by atoms with Crippen molar-refractivity contribution in [3.63, 3.8) is 0 Å². The van der Waals surface area contributed by atoms with Crippen molar-refractivity contribution in [3.05, 3.63) is 24.3 Å². The van der Waals surface area contributed by atoms with E-state index in [1.165, 1.54) is 4.31 Å². The molecule has 1 fully saturated rings. The number of benzene rings is 1. The molecule has 1 unspecified atom stereocenters. The molecule has 1 heterocycles. The van der Waals surface area contributed by atoms with Crippen molar-refractivity contribution in [2.24, 2.45) is 5.92 Å². The quantitative estimate of drug-likeness (QED) is 0.758. The van der Waals surface area contributed by atoms with E-state index >= 15 is 0 Å². The lowest BCUT2D eigenvalue weighted by atomic mass is 10.1. The normalized spacial score (nSPS) is 19.8. The van der Waals surface area contributed by atoms with Crippen LogP contribution in [0.5, 0.6) is 5.75 Å². The van der Waals surface area contributed by atoms with E-state index in [-0.39, 0.29) is 12.4 Å². The minimum Gasteiger partial charge on any atom is -0.492 e. The van der Waals surface area contributed by atoms with E-state index in [1.54, 1.807) is 31.4 Å². The van der Waals surface area contributed by atoms with Crippen molar-refractivity contribution in [1.29, 1.82) is 0 Å². The van der Waals surface area contributed by atoms with Crippen molar-refractivity contribution in [2.45, 2.75) is 6.42 Å². The van der Waals surface area contributed by atoms with E-state index in [9.17, 15) is 8.42 Å². The van der Waals surface area contributed by atoms with Gasteiger partial charge >= 0.3 is 0 Å². The molecule has 2 rings (SSSR count). The predicted octanol–water partition coefficient (Wildman–Crippen LogP) is 0.946. The van der Waals surface area contributed by atoms with Crippen LogP contribution in [0.25, 0.3) is 0 Å². The molecular weight excluding hydrogens is 292 g/mol. The third kappa shape index (κ3) is 4.59. The van der Waals surface area contributed by atoms with Gasteiger partial charge in [0, 0.05) is 25.9 Å². The topological polar surface area (TPSA) is 81.9 Å². The number of nitrogens with two attached hydrogens (primary N) is 1. The minimum atomic E-state index is -3.26. The number of nitrogen functional groups attached to an aromatic ring is 1. The summed E-state index contributed by atoms with van der Waals surface area (Å²) in [4.78, 5) is 0. The maximum Gasteiger partial charge on any atom is 0.217 e. The van der Waals surface area contributed by atoms with Crippen LogP contribution in [0.4, 0.5) is 5.69 Å². The standard InChI is InChI=1S/C14H22N2O4S/c1-19-11-12-6-7-16(10-12)21(17,18)9-8-20-14-4-2-13(15)3-5-14/h2-5,12H,6-11,15H2,1H3. The monoisotopic (exact) mass is 314 g/mol. The zero-order valence-corrected chi connectivity index (χ0v) is 13.0. The zero-order valence-electron chi connectivity index (χ0n) is 12.2. The molecule has 0 bridgehead atoms. The smallest absolute Gasteiger partial charge is 0.217 e. The first-order valence-electron chi connectivity index (χ1n) is 6.96. The molecule has 0 radical (unpaired) electrons. The maximum atomic E-state index is 12.2. The van der Waals surface area contributed by atoms with Gasteiger partial charge in [0.2, 0.25) is 10.0 Å². The van der Waals surface area contributed by atoms with E-state index in [2.05, 4.69) is 0 Å². The molecule has 118 valence electrons. The Bertz CT molecular complexity index is 545. The first-order chi connectivity index (χ1) is 10.0. The Kier molecular flexibility index (Phi) is 5.44. The summed E-state index contributed by atoms with van der Waals surface area (Å²) in [6.07, 6.45) is 0.853. The molecule has 2 N–H and O–H groups in total. The average molecular weight is 314 g/mol. The molecular formula is C14H22N2O4S. The highest BCUT2D eigenvalue weighted by atomic mass is 32.2. The van der Waals surface area contributed by atoms with E-state index in [1.807, 2.05) is 0 Å². The molecule has 1 aliphatic rings. The van der Waals surface area contributed by atoms with E-state index in [0.717, 1.165) is 6.42 Å². The van der Waals surface area contributed by atoms with Gasteiger partial charge in [-0.25, -0.2) is 12.7 Å². The first-order valence-corrected chi connectivity index (χ1v) is 8.57. The largest absolute Gasteiger partial charge is 0.492 e. The molecule has 1 aliphatic heterocycles. The van der Waals surface area contributed by atoms with E-state index in [4.69, 9.17) is 15.2 Å². The van der Waals surface area contributed by atoms with Crippen molar-refractivity contribution in [2.75, 3.05) is 44.9 Å². The Labute approximate surface area is 125 Å².